The van der Waals surface area contributed by atoms with E-state index in [-0.39, 0.29) is 30.4 Å². The van der Waals surface area contributed by atoms with Gasteiger partial charge in [0, 0.05) is 34.4 Å². The summed E-state index contributed by atoms with van der Waals surface area (Å²) in [5.41, 5.74) is 1.29. The number of nitrogens with zero attached hydrogens (tertiary/aromatic N) is 5. The van der Waals surface area contributed by atoms with E-state index in [0.717, 1.165) is 18.4 Å². The van der Waals surface area contributed by atoms with Gasteiger partial charge in [0.25, 0.3) is 5.91 Å². The second-order valence-corrected chi connectivity index (χ2v) is 10.3. The first kappa shape index (κ1) is 27.0. The molecule has 0 aliphatic carbocycles. The van der Waals surface area contributed by atoms with Gasteiger partial charge < -0.3 is 10.1 Å². The molecule has 37 heavy (non-hydrogen) atoms. The predicted octanol–water partition coefficient (Wildman–Crippen LogP) is 4.39. The number of benzene rings is 2. The third kappa shape index (κ3) is 7.28. The number of nitrogens with one attached hydrogen (secondary N) is 1. The molecule has 1 aliphatic rings. The summed E-state index contributed by atoms with van der Waals surface area (Å²) < 4.78 is 5.65. The van der Waals surface area contributed by atoms with Gasteiger partial charge in [-0.1, -0.05) is 37.0 Å². The highest BCUT2D eigenvalue weighted by molar-refractivity contribution is 6.31. The van der Waals surface area contributed by atoms with Gasteiger partial charge in [-0.3, -0.25) is 14.5 Å². The van der Waals surface area contributed by atoms with Crippen LogP contribution < -0.4 is 10.2 Å². The Morgan fingerprint density at radius 1 is 1.11 bits per heavy atom. The van der Waals surface area contributed by atoms with Crippen molar-refractivity contribution in [2.75, 3.05) is 18.1 Å². The molecule has 2 amide bonds. The molecular weight excluding hydrogens is 515 g/mol. The maximum Gasteiger partial charge on any atom is 0.251 e. The highest BCUT2D eigenvalue weighted by Gasteiger charge is 2.33. The van der Waals surface area contributed by atoms with Crippen LogP contribution in [0.1, 0.15) is 33.1 Å². The first-order chi connectivity index (χ1) is 17.8. The fourth-order valence-corrected chi connectivity index (χ4v) is 4.49. The Balaban J connectivity index is 1.58. The van der Waals surface area contributed by atoms with Crippen molar-refractivity contribution in [3.8, 4) is 11.4 Å². The minimum atomic E-state index is -0.741. The normalized spacial score (nSPS) is 16.1. The summed E-state index contributed by atoms with van der Waals surface area (Å²) in [6.45, 7) is 4.95. The molecular formula is C26H30Cl2N6O3. The van der Waals surface area contributed by atoms with Gasteiger partial charge in [-0.15, -0.1) is 10.2 Å². The van der Waals surface area contributed by atoms with E-state index >= 15 is 0 Å². The Hall–Kier alpha value is -3.01. The molecule has 1 N–H and O–H groups in total. The highest BCUT2D eigenvalue weighted by atomic mass is 35.5. The van der Waals surface area contributed by atoms with Gasteiger partial charge in [-0.25, -0.2) is 0 Å². The molecule has 2 atom stereocenters. The highest BCUT2D eigenvalue weighted by Crippen LogP contribution is 2.25. The molecule has 0 saturated carbocycles. The van der Waals surface area contributed by atoms with Crippen LogP contribution in [-0.4, -0.2) is 57.3 Å². The summed E-state index contributed by atoms with van der Waals surface area (Å²) in [5.74, 6) is -0.0566. The number of rotatable bonds is 10. The third-order valence-electron chi connectivity index (χ3n) is 6.04. The van der Waals surface area contributed by atoms with Crippen molar-refractivity contribution in [3.05, 3.63) is 58.6 Å². The molecule has 0 spiro atoms. The van der Waals surface area contributed by atoms with Crippen molar-refractivity contribution in [2.45, 2.75) is 51.8 Å². The van der Waals surface area contributed by atoms with Crippen LogP contribution in [0.5, 0.6) is 0 Å². The first-order valence-corrected chi connectivity index (χ1v) is 13.1. The van der Waals surface area contributed by atoms with E-state index in [0.29, 0.717) is 41.1 Å². The molecule has 0 bridgehead atoms. The second-order valence-electron chi connectivity index (χ2n) is 9.42. The van der Waals surface area contributed by atoms with E-state index in [1.807, 2.05) is 13.8 Å². The number of aromatic nitrogens is 4. The summed E-state index contributed by atoms with van der Waals surface area (Å²) in [4.78, 5) is 29.9. The van der Waals surface area contributed by atoms with Gasteiger partial charge in [-0.05, 0) is 78.9 Å². The molecule has 1 fully saturated rings. The molecule has 4 rings (SSSR count). The van der Waals surface area contributed by atoms with Gasteiger partial charge in [0.2, 0.25) is 11.7 Å². The maximum absolute atomic E-state index is 13.7. The smallest absolute Gasteiger partial charge is 0.251 e. The van der Waals surface area contributed by atoms with Gasteiger partial charge in [0.1, 0.15) is 12.6 Å². The molecule has 2 aromatic carbocycles. The molecule has 1 aliphatic heterocycles. The van der Waals surface area contributed by atoms with E-state index < -0.39 is 6.04 Å². The maximum atomic E-state index is 13.7. The first-order valence-electron chi connectivity index (χ1n) is 12.3. The van der Waals surface area contributed by atoms with Crippen LogP contribution in [0, 0.1) is 5.92 Å². The van der Waals surface area contributed by atoms with Crippen molar-refractivity contribution < 1.29 is 14.3 Å². The number of anilines is 1. The number of carbonyl (C=O) groups excluding carboxylic acids is 2. The zero-order chi connectivity index (χ0) is 26.4. The average molecular weight is 545 g/mol. The summed E-state index contributed by atoms with van der Waals surface area (Å²) in [5, 5.41) is 16.6. The van der Waals surface area contributed by atoms with Gasteiger partial charge >= 0.3 is 0 Å². The van der Waals surface area contributed by atoms with E-state index in [4.69, 9.17) is 27.9 Å². The van der Waals surface area contributed by atoms with Crippen molar-refractivity contribution in [2.24, 2.45) is 5.92 Å². The number of halogens is 2. The Kier molecular flexibility index (Phi) is 9.13. The average Bonchev–Trinajstić information content (AvgIpc) is 3.56. The predicted molar refractivity (Wildman–Crippen MR) is 142 cm³/mol. The Bertz CT molecular complexity index is 1190. The van der Waals surface area contributed by atoms with E-state index in [2.05, 4.69) is 20.7 Å². The lowest BCUT2D eigenvalue weighted by Gasteiger charge is -2.32. The van der Waals surface area contributed by atoms with E-state index in [1.54, 1.807) is 48.5 Å². The second kappa shape index (κ2) is 12.5. The van der Waals surface area contributed by atoms with Crippen molar-refractivity contribution in [1.29, 1.82) is 0 Å². The molecule has 9 nitrogen and oxygen atoms in total. The molecule has 196 valence electrons. The van der Waals surface area contributed by atoms with Crippen LogP contribution in [0.15, 0.2) is 48.5 Å². The van der Waals surface area contributed by atoms with Crippen LogP contribution >= 0.6 is 23.2 Å². The molecule has 1 aromatic heterocycles. The van der Waals surface area contributed by atoms with Gasteiger partial charge in [0.15, 0.2) is 0 Å². The summed E-state index contributed by atoms with van der Waals surface area (Å²) >= 11 is 12.1. The molecule has 11 heteroatoms. The largest absolute Gasteiger partial charge is 0.376 e. The number of carbonyl (C=O) groups is 2. The van der Waals surface area contributed by atoms with Crippen molar-refractivity contribution in [3.63, 3.8) is 0 Å². The SMILES string of the molecule is CC(C)C[C@@H](C(=O)NC[C@H]1CCCO1)N(C(=O)Cn1nnc(-c2ccc(Cl)cc2)n1)c1ccc(Cl)cc1. The number of hydrogen-bond acceptors (Lipinski definition) is 6. The molecule has 2 heterocycles. The fourth-order valence-electron chi connectivity index (χ4n) is 4.24. The monoisotopic (exact) mass is 544 g/mol. The lowest BCUT2D eigenvalue weighted by atomic mass is 10.0. The minimum Gasteiger partial charge on any atom is -0.376 e. The fraction of sp³-hybridized carbons (Fsp3) is 0.423. The zero-order valence-corrected chi connectivity index (χ0v) is 22.3. The Labute approximate surface area is 226 Å². The Morgan fingerprint density at radius 3 is 2.41 bits per heavy atom. The zero-order valence-electron chi connectivity index (χ0n) is 20.8. The Morgan fingerprint density at radius 2 is 1.78 bits per heavy atom. The third-order valence-corrected chi connectivity index (χ3v) is 6.55. The van der Waals surface area contributed by atoms with E-state index in [1.165, 1.54) is 9.70 Å². The number of hydrogen-bond donors (Lipinski definition) is 1. The summed E-state index contributed by atoms with van der Waals surface area (Å²) in [6, 6.07) is 13.1. The minimum absolute atomic E-state index is 0.00558. The summed E-state index contributed by atoms with van der Waals surface area (Å²) in [7, 11) is 0. The number of tetrazole rings is 1. The van der Waals surface area contributed by atoms with Crippen LogP contribution in [0.3, 0.4) is 0 Å². The van der Waals surface area contributed by atoms with Crippen LogP contribution in [0.2, 0.25) is 10.0 Å². The van der Waals surface area contributed by atoms with Gasteiger partial charge in [0.05, 0.1) is 6.10 Å². The lowest BCUT2D eigenvalue weighted by Crippen LogP contribution is -2.52. The lowest BCUT2D eigenvalue weighted by molar-refractivity contribution is -0.127. The molecule has 1 saturated heterocycles. The number of ether oxygens (including phenoxy) is 1. The summed E-state index contributed by atoms with van der Waals surface area (Å²) in [6.07, 6.45) is 2.35. The van der Waals surface area contributed by atoms with Crippen LogP contribution in [-0.2, 0) is 20.9 Å². The molecule has 3 aromatic rings. The van der Waals surface area contributed by atoms with E-state index in [9.17, 15) is 9.59 Å². The molecule has 0 unspecified atom stereocenters. The standard InChI is InChI=1S/C26H30Cl2N6O3/c1-17(2)14-23(26(36)29-15-22-4-3-13-37-22)34(21-11-9-20(28)10-12-21)24(35)16-33-31-25(30-32-33)18-5-7-19(27)8-6-18/h5-12,17,22-23H,3-4,13-16H2,1-2H3,(H,29,36)/t22-,23+/m1/s1. The molecule has 0 radical (unpaired) electrons. The topological polar surface area (TPSA) is 102 Å². The van der Waals surface area contributed by atoms with Crippen LogP contribution in [0.25, 0.3) is 11.4 Å². The van der Waals surface area contributed by atoms with Gasteiger partial charge in [-0.2, -0.15) is 4.80 Å². The number of amides is 2. The quantitative estimate of drug-likeness (QED) is 0.406. The van der Waals surface area contributed by atoms with Crippen molar-refractivity contribution >= 4 is 40.7 Å². The van der Waals surface area contributed by atoms with Crippen LogP contribution in [0.4, 0.5) is 5.69 Å². The van der Waals surface area contributed by atoms with Crippen molar-refractivity contribution in [1.82, 2.24) is 25.5 Å².